The minimum Gasteiger partial charge on any atom is -0.392 e. The fourth-order valence-corrected chi connectivity index (χ4v) is 2.79. The summed E-state index contributed by atoms with van der Waals surface area (Å²) in [5, 5.41) is 18.6. The number of nitrogens with zero attached hydrogens (tertiary/aromatic N) is 2. The number of likely N-dealkylation sites (N-methyl/N-ethyl adjacent to an activating group) is 1. The van der Waals surface area contributed by atoms with Crippen LogP contribution in [0.3, 0.4) is 0 Å². The van der Waals surface area contributed by atoms with Gasteiger partial charge in [-0.1, -0.05) is 13.3 Å². The number of hydrogen-bond acceptors (Lipinski definition) is 3. The first-order valence-corrected chi connectivity index (χ1v) is 6.36. The summed E-state index contributed by atoms with van der Waals surface area (Å²) in [6, 6.07) is 2.76. The van der Waals surface area contributed by atoms with E-state index in [1.807, 2.05) is 7.05 Å². The van der Waals surface area contributed by atoms with Gasteiger partial charge in [-0.15, -0.1) is 0 Å². The van der Waals surface area contributed by atoms with Gasteiger partial charge in [0.25, 0.3) is 0 Å². The Morgan fingerprint density at radius 3 is 2.69 bits per heavy atom. The minimum absolute atomic E-state index is 0.145. The Kier molecular flexibility index (Phi) is 5.24. The van der Waals surface area contributed by atoms with Crippen molar-refractivity contribution in [1.82, 2.24) is 4.90 Å². The molecule has 0 amide bonds. The van der Waals surface area contributed by atoms with Crippen LogP contribution in [0.1, 0.15) is 39.5 Å². The quantitative estimate of drug-likeness (QED) is 0.794. The molecule has 0 spiro atoms. The molecule has 0 aromatic carbocycles. The van der Waals surface area contributed by atoms with Crippen molar-refractivity contribution in [3.63, 3.8) is 0 Å². The molecule has 0 radical (unpaired) electrons. The van der Waals surface area contributed by atoms with E-state index < -0.39 is 0 Å². The molecule has 3 nitrogen and oxygen atoms in total. The second kappa shape index (κ2) is 6.22. The van der Waals surface area contributed by atoms with Gasteiger partial charge in [-0.25, -0.2) is 0 Å². The Labute approximate surface area is 99.1 Å². The lowest BCUT2D eigenvalue weighted by atomic mass is 9.77. The molecule has 1 aliphatic carbocycles. The van der Waals surface area contributed by atoms with Crippen LogP contribution in [0.15, 0.2) is 0 Å². The number of rotatable bonds is 4. The Balaban J connectivity index is 2.61. The molecule has 16 heavy (non-hydrogen) atoms. The topological polar surface area (TPSA) is 47.3 Å². The highest BCUT2D eigenvalue weighted by molar-refractivity contribution is 4.97. The number of aliphatic hydroxyl groups excluding tert-OH is 1. The van der Waals surface area contributed by atoms with Crippen molar-refractivity contribution in [3.8, 4) is 6.07 Å². The molecule has 1 fully saturated rings. The van der Waals surface area contributed by atoms with E-state index in [0.29, 0.717) is 12.6 Å². The summed E-state index contributed by atoms with van der Waals surface area (Å²) in [7, 11) is 2.03. The molecule has 1 N–H and O–H groups in total. The third-order valence-electron chi connectivity index (χ3n) is 3.79. The van der Waals surface area contributed by atoms with Gasteiger partial charge in [-0.05, 0) is 39.2 Å². The van der Waals surface area contributed by atoms with Crippen LogP contribution in [0.4, 0.5) is 0 Å². The van der Waals surface area contributed by atoms with Gasteiger partial charge in [-0.2, -0.15) is 5.26 Å². The van der Waals surface area contributed by atoms with Crippen molar-refractivity contribution in [2.75, 3.05) is 13.6 Å². The van der Waals surface area contributed by atoms with E-state index >= 15 is 0 Å². The molecule has 1 rings (SSSR count). The zero-order valence-corrected chi connectivity index (χ0v) is 10.7. The Bertz CT molecular complexity index is 247. The summed E-state index contributed by atoms with van der Waals surface area (Å²) >= 11 is 0. The Morgan fingerprint density at radius 2 is 2.19 bits per heavy atom. The van der Waals surface area contributed by atoms with E-state index in [4.69, 9.17) is 5.26 Å². The van der Waals surface area contributed by atoms with Gasteiger partial charge in [0.05, 0.1) is 18.1 Å². The van der Waals surface area contributed by atoms with Crippen LogP contribution in [-0.2, 0) is 0 Å². The second-order valence-electron chi connectivity index (χ2n) is 5.18. The molecule has 0 aromatic heterocycles. The monoisotopic (exact) mass is 224 g/mol. The minimum atomic E-state index is -0.314. The maximum absolute atomic E-state index is 9.41. The number of aliphatic hydroxyl groups is 1. The first-order valence-electron chi connectivity index (χ1n) is 6.36. The van der Waals surface area contributed by atoms with Crippen LogP contribution in [-0.4, -0.2) is 35.7 Å². The van der Waals surface area contributed by atoms with Gasteiger partial charge < -0.3 is 5.11 Å². The van der Waals surface area contributed by atoms with Gasteiger partial charge in [0.15, 0.2) is 0 Å². The molecule has 4 atom stereocenters. The van der Waals surface area contributed by atoms with Crippen LogP contribution >= 0.6 is 0 Å². The Hall–Kier alpha value is -0.590. The van der Waals surface area contributed by atoms with Gasteiger partial charge in [0.1, 0.15) is 0 Å². The summed E-state index contributed by atoms with van der Waals surface area (Å²) in [6.45, 7) is 4.69. The third-order valence-corrected chi connectivity index (χ3v) is 3.79. The van der Waals surface area contributed by atoms with Crippen molar-refractivity contribution >= 4 is 0 Å². The van der Waals surface area contributed by atoms with Crippen molar-refractivity contribution in [3.05, 3.63) is 0 Å². The molecule has 92 valence electrons. The lowest BCUT2D eigenvalue weighted by Gasteiger charge is -2.38. The van der Waals surface area contributed by atoms with Gasteiger partial charge in [0, 0.05) is 12.6 Å². The zero-order chi connectivity index (χ0) is 12.1. The summed E-state index contributed by atoms with van der Waals surface area (Å²) in [5.41, 5.74) is 0. The van der Waals surface area contributed by atoms with E-state index in [1.165, 1.54) is 12.8 Å². The molecular formula is C13H24N2O. The van der Waals surface area contributed by atoms with Gasteiger partial charge in [0.2, 0.25) is 0 Å². The molecule has 0 bridgehead atoms. The molecule has 1 saturated carbocycles. The van der Waals surface area contributed by atoms with Gasteiger partial charge >= 0.3 is 0 Å². The molecule has 1 aliphatic rings. The van der Waals surface area contributed by atoms with Crippen molar-refractivity contribution in [2.24, 2.45) is 11.8 Å². The van der Waals surface area contributed by atoms with E-state index in [-0.39, 0.29) is 12.0 Å². The van der Waals surface area contributed by atoms with Crippen LogP contribution in [0.25, 0.3) is 0 Å². The molecule has 0 aromatic rings. The summed E-state index contributed by atoms with van der Waals surface area (Å²) in [6.07, 6.45) is 4.21. The molecule has 0 aliphatic heterocycles. The normalized spacial score (nSPS) is 32.4. The van der Waals surface area contributed by atoms with E-state index in [1.54, 1.807) is 6.92 Å². The highest BCUT2D eigenvalue weighted by Crippen LogP contribution is 2.33. The first kappa shape index (κ1) is 13.5. The largest absolute Gasteiger partial charge is 0.392 e. The third kappa shape index (κ3) is 3.47. The number of hydrogen-bond donors (Lipinski definition) is 1. The predicted molar refractivity (Wildman–Crippen MR) is 64.8 cm³/mol. The molecule has 0 heterocycles. The standard InChI is InChI=1S/C13H24N2O/c1-4-11-5-6-12(8-14)13(7-11)15(3)9-10(2)16/h10-13,16H,4-7,9H2,1-3H3. The van der Waals surface area contributed by atoms with Crippen LogP contribution in [0.5, 0.6) is 0 Å². The lowest BCUT2D eigenvalue weighted by Crippen LogP contribution is -2.44. The van der Waals surface area contributed by atoms with Gasteiger partial charge in [-0.3, -0.25) is 4.90 Å². The SMILES string of the molecule is CCC1CCC(C#N)C(N(C)CC(C)O)C1. The predicted octanol–water partition coefficient (Wildman–Crippen LogP) is 2.02. The van der Waals surface area contributed by atoms with Crippen LogP contribution in [0, 0.1) is 23.2 Å². The average molecular weight is 224 g/mol. The fraction of sp³-hybridized carbons (Fsp3) is 0.923. The molecule has 4 unspecified atom stereocenters. The van der Waals surface area contributed by atoms with Crippen molar-refractivity contribution < 1.29 is 5.11 Å². The fourth-order valence-electron chi connectivity index (χ4n) is 2.79. The molecule has 0 saturated heterocycles. The first-order chi connectivity index (χ1) is 7.58. The van der Waals surface area contributed by atoms with E-state index in [0.717, 1.165) is 18.8 Å². The van der Waals surface area contributed by atoms with E-state index in [2.05, 4.69) is 17.9 Å². The average Bonchev–Trinajstić information content (AvgIpc) is 2.27. The maximum atomic E-state index is 9.41. The molecule has 3 heteroatoms. The van der Waals surface area contributed by atoms with Crippen molar-refractivity contribution in [1.29, 1.82) is 5.26 Å². The van der Waals surface area contributed by atoms with E-state index in [9.17, 15) is 5.11 Å². The summed E-state index contributed by atoms with van der Waals surface area (Å²) in [5.74, 6) is 0.901. The zero-order valence-electron chi connectivity index (χ0n) is 10.7. The van der Waals surface area contributed by atoms with Crippen LogP contribution < -0.4 is 0 Å². The maximum Gasteiger partial charge on any atom is 0.0672 e. The number of nitriles is 1. The lowest BCUT2D eigenvalue weighted by molar-refractivity contribution is 0.0732. The smallest absolute Gasteiger partial charge is 0.0672 e. The summed E-state index contributed by atoms with van der Waals surface area (Å²) < 4.78 is 0. The van der Waals surface area contributed by atoms with Crippen LogP contribution in [0.2, 0.25) is 0 Å². The second-order valence-corrected chi connectivity index (χ2v) is 5.18. The highest BCUT2D eigenvalue weighted by atomic mass is 16.3. The van der Waals surface area contributed by atoms with Crippen molar-refractivity contribution in [2.45, 2.75) is 51.7 Å². The molecular weight excluding hydrogens is 200 g/mol. The highest BCUT2D eigenvalue weighted by Gasteiger charge is 2.32. The summed E-state index contributed by atoms with van der Waals surface area (Å²) in [4.78, 5) is 2.17. The Morgan fingerprint density at radius 1 is 1.50 bits per heavy atom.